The Morgan fingerprint density at radius 1 is 1.43 bits per heavy atom. The first kappa shape index (κ1) is 17.2. The summed E-state index contributed by atoms with van der Waals surface area (Å²) >= 11 is 0. The number of rotatable bonds is 7. The molecule has 0 saturated heterocycles. The summed E-state index contributed by atoms with van der Waals surface area (Å²) in [5, 5.41) is 3.46. The highest BCUT2D eigenvalue weighted by Gasteiger charge is 2.22. The van der Waals surface area contributed by atoms with E-state index in [1.165, 1.54) is 4.90 Å². The zero-order chi connectivity index (χ0) is 15.9. The molecule has 0 aromatic carbocycles. The van der Waals surface area contributed by atoms with Crippen LogP contribution in [0, 0.1) is 12.3 Å². The molecule has 0 unspecified atom stereocenters. The highest BCUT2D eigenvalue weighted by molar-refractivity contribution is 7.91. The summed E-state index contributed by atoms with van der Waals surface area (Å²) < 4.78 is 24.8. The number of unbranched alkanes of at least 4 members (excludes halogenated alkanes) is 1. The lowest BCUT2D eigenvalue weighted by Crippen LogP contribution is -2.36. The van der Waals surface area contributed by atoms with E-state index in [9.17, 15) is 13.2 Å². The van der Waals surface area contributed by atoms with Gasteiger partial charge < -0.3 is 4.90 Å². The first-order valence-corrected chi connectivity index (χ1v) is 8.48. The van der Waals surface area contributed by atoms with Crippen LogP contribution in [0.5, 0.6) is 0 Å². The average Bonchev–Trinajstić information content (AvgIpc) is 2.95. The molecule has 0 fully saturated rings. The first-order chi connectivity index (χ1) is 9.96. The number of hydrogen-bond acceptors (Lipinski definition) is 5. The fourth-order valence-electron chi connectivity index (χ4n) is 1.68. The molecule has 1 amide bonds. The van der Waals surface area contributed by atoms with Gasteiger partial charge in [0.1, 0.15) is 6.33 Å². The molecule has 0 aliphatic heterocycles. The van der Waals surface area contributed by atoms with Crippen LogP contribution < -0.4 is 0 Å². The lowest BCUT2D eigenvalue weighted by Gasteiger charge is -2.18. The molecule has 1 aromatic rings. The van der Waals surface area contributed by atoms with E-state index in [0.29, 0.717) is 13.0 Å². The Morgan fingerprint density at radius 3 is 2.71 bits per heavy atom. The molecule has 0 spiro atoms. The van der Waals surface area contributed by atoms with Gasteiger partial charge in [-0.15, -0.1) is 11.5 Å². The van der Waals surface area contributed by atoms with Gasteiger partial charge in [0, 0.05) is 6.54 Å². The van der Waals surface area contributed by atoms with Crippen molar-refractivity contribution < 1.29 is 13.2 Å². The molecule has 0 atom stereocenters. The number of aromatic nitrogens is 3. The van der Waals surface area contributed by atoms with Crippen molar-refractivity contribution in [3.8, 4) is 12.3 Å². The van der Waals surface area contributed by atoms with E-state index in [1.807, 2.05) is 13.8 Å². The second-order valence-electron chi connectivity index (χ2n) is 4.55. The summed E-state index contributed by atoms with van der Waals surface area (Å²) in [5.74, 6) is 2.37. The third-order valence-electron chi connectivity index (χ3n) is 2.76. The molecule has 7 nitrogen and oxygen atoms in total. The first-order valence-electron chi connectivity index (χ1n) is 6.83. The molecule has 0 saturated carbocycles. The zero-order valence-electron chi connectivity index (χ0n) is 12.3. The number of carbonyl (C=O) groups excluding carboxylic acids is 1. The van der Waals surface area contributed by atoms with Gasteiger partial charge in [0.05, 0.1) is 12.3 Å². The largest absolute Gasteiger partial charge is 0.346 e. The van der Waals surface area contributed by atoms with E-state index >= 15 is 0 Å². The fourth-order valence-corrected chi connectivity index (χ4v) is 2.95. The Bertz CT molecular complexity index is 616. The summed E-state index contributed by atoms with van der Waals surface area (Å²) in [7, 11) is -3.54. The molecular formula is C13H20N4O3S. The number of terminal acetylenes is 1. The summed E-state index contributed by atoms with van der Waals surface area (Å²) in [6.45, 7) is 4.43. The van der Waals surface area contributed by atoms with Crippen LogP contribution >= 0.6 is 0 Å². The van der Waals surface area contributed by atoms with Crippen LogP contribution in [0.2, 0.25) is 0 Å². The van der Waals surface area contributed by atoms with Crippen molar-refractivity contribution in [3.05, 3.63) is 6.33 Å². The Balaban J connectivity index is 2.92. The minimum Gasteiger partial charge on any atom is -0.312 e. The third kappa shape index (κ3) is 4.56. The number of sulfone groups is 1. The van der Waals surface area contributed by atoms with Crippen molar-refractivity contribution in [1.82, 2.24) is 19.7 Å². The Hall–Kier alpha value is -1.88. The fraction of sp³-hybridized carbons (Fsp3) is 0.615. The van der Waals surface area contributed by atoms with Gasteiger partial charge in [-0.25, -0.2) is 18.2 Å². The maximum atomic E-state index is 12.2. The van der Waals surface area contributed by atoms with Crippen LogP contribution in [0.15, 0.2) is 11.5 Å². The van der Waals surface area contributed by atoms with Gasteiger partial charge in [-0.1, -0.05) is 26.2 Å². The maximum Gasteiger partial charge on any atom is 0.346 e. The molecule has 1 heterocycles. The summed E-state index contributed by atoms with van der Waals surface area (Å²) in [4.78, 5) is 17.3. The Kier molecular flexibility index (Phi) is 6.37. The van der Waals surface area contributed by atoms with Crippen molar-refractivity contribution in [2.24, 2.45) is 0 Å². The molecular weight excluding hydrogens is 292 g/mol. The van der Waals surface area contributed by atoms with Crippen LogP contribution in [-0.2, 0) is 9.84 Å². The van der Waals surface area contributed by atoms with E-state index < -0.39 is 15.9 Å². The predicted octanol–water partition coefficient (Wildman–Crippen LogP) is 1.17. The molecule has 116 valence electrons. The predicted molar refractivity (Wildman–Crippen MR) is 78.5 cm³/mol. The molecule has 1 aromatic heterocycles. The zero-order valence-corrected chi connectivity index (χ0v) is 13.1. The van der Waals surface area contributed by atoms with Crippen LogP contribution in [0.25, 0.3) is 0 Å². The number of hydrogen-bond donors (Lipinski definition) is 0. The van der Waals surface area contributed by atoms with E-state index in [4.69, 9.17) is 6.42 Å². The van der Waals surface area contributed by atoms with Gasteiger partial charge in [0.15, 0.2) is 0 Å². The van der Waals surface area contributed by atoms with Gasteiger partial charge in [0.25, 0.3) is 5.16 Å². The summed E-state index contributed by atoms with van der Waals surface area (Å²) in [5.41, 5.74) is 0. The normalized spacial score (nSPS) is 11.1. The number of amides is 1. The maximum absolute atomic E-state index is 12.2. The average molecular weight is 312 g/mol. The quantitative estimate of drug-likeness (QED) is 0.705. The molecule has 21 heavy (non-hydrogen) atoms. The van der Waals surface area contributed by atoms with Crippen molar-refractivity contribution in [2.75, 3.05) is 18.8 Å². The number of carbonyl (C=O) groups is 1. The third-order valence-corrected chi connectivity index (χ3v) is 4.33. The van der Waals surface area contributed by atoms with Gasteiger partial charge in [-0.2, -0.15) is 4.68 Å². The van der Waals surface area contributed by atoms with Crippen LogP contribution in [-0.4, -0.2) is 53.0 Å². The standard InChI is InChI=1S/C13H20N4O3S/c1-4-7-10-21(19,20)12-14-11-17(15-12)13(18)16(8-5-2)9-6-3/h2,11H,4,6-10H2,1,3H3. The molecule has 1 rings (SSSR count). The van der Waals surface area contributed by atoms with Gasteiger partial charge in [-0.3, -0.25) is 0 Å². The van der Waals surface area contributed by atoms with E-state index in [-0.39, 0.29) is 17.5 Å². The highest BCUT2D eigenvalue weighted by atomic mass is 32.2. The van der Waals surface area contributed by atoms with Gasteiger partial charge >= 0.3 is 6.03 Å². The smallest absolute Gasteiger partial charge is 0.312 e. The van der Waals surface area contributed by atoms with E-state index in [1.54, 1.807) is 0 Å². The molecule has 0 radical (unpaired) electrons. The van der Waals surface area contributed by atoms with Crippen LogP contribution in [0.1, 0.15) is 33.1 Å². The molecule has 8 heteroatoms. The Labute approximate surface area is 125 Å². The number of nitrogens with zero attached hydrogens (tertiary/aromatic N) is 4. The molecule has 0 aliphatic carbocycles. The topological polar surface area (TPSA) is 85.2 Å². The highest BCUT2D eigenvalue weighted by Crippen LogP contribution is 2.07. The summed E-state index contributed by atoms with van der Waals surface area (Å²) in [6.07, 6.45) is 8.36. The van der Waals surface area contributed by atoms with E-state index in [0.717, 1.165) is 23.9 Å². The minimum absolute atomic E-state index is 0.0231. The monoisotopic (exact) mass is 312 g/mol. The van der Waals surface area contributed by atoms with Gasteiger partial charge in [-0.05, 0) is 12.8 Å². The lowest BCUT2D eigenvalue weighted by molar-refractivity contribution is 0.202. The van der Waals surface area contributed by atoms with Gasteiger partial charge in [0.2, 0.25) is 9.84 Å². The van der Waals surface area contributed by atoms with Crippen molar-refractivity contribution in [1.29, 1.82) is 0 Å². The molecule has 0 aliphatic rings. The minimum atomic E-state index is -3.54. The second-order valence-corrected chi connectivity index (χ2v) is 6.56. The van der Waals surface area contributed by atoms with E-state index in [2.05, 4.69) is 16.0 Å². The Morgan fingerprint density at radius 2 is 2.14 bits per heavy atom. The second kappa shape index (κ2) is 7.78. The SMILES string of the molecule is C#CCN(CCC)C(=O)n1cnc(S(=O)(=O)CCCC)n1. The molecule has 0 bridgehead atoms. The van der Waals surface area contributed by atoms with Crippen molar-refractivity contribution in [3.63, 3.8) is 0 Å². The van der Waals surface area contributed by atoms with Crippen molar-refractivity contribution >= 4 is 15.9 Å². The van der Waals surface area contributed by atoms with Crippen molar-refractivity contribution in [2.45, 2.75) is 38.3 Å². The molecule has 0 N–H and O–H groups in total. The summed E-state index contributed by atoms with van der Waals surface area (Å²) in [6, 6.07) is -0.473. The van der Waals surface area contributed by atoms with Crippen LogP contribution in [0.4, 0.5) is 4.79 Å². The lowest BCUT2D eigenvalue weighted by atomic mass is 10.4. The van der Waals surface area contributed by atoms with Crippen LogP contribution in [0.3, 0.4) is 0 Å².